The third-order valence-electron chi connectivity index (χ3n) is 3.46. The standard InChI is InChI=1S/C17H11FN4O2/c1-10-2-3-15(18)14(4-10)16-11(6-19)5-13(8-20-16)22-9-12(7-21-22)17(23)24/h2-5,7-9H,1H3,(H,23,24). The fourth-order valence-corrected chi connectivity index (χ4v) is 2.27. The van der Waals surface area contributed by atoms with E-state index in [1.54, 1.807) is 12.1 Å². The lowest BCUT2D eigenvalue weighted by atomic mass is 10.0. The van der Waals surface area contributed by atoms with Gasteiger partial charge < -0.3 is 5.11 Å². The van der Waals surface area contributed by atoms with Crippen molar-refractivity contribution in [2.45, 2.75) is 6.92 Å². The first-order valence-electron chi connectivity index (χ1n) is 6.94. The topological polar surface area (TPSA) is 91.8 Å². The Hall–Kier alpha value is -3.53. The summed E-state index contributed by atoms with van der Waals surface area (Å²) in [5, 5.41) is 22.2. The summed E-state index contributed by atoms with van der Waals surface area (Å²) >= 11 is 0. The molecule has 1 N–H and O–H groups in total. The van der Waals surface area contributed by atoms with Crippen molar-refractivity contribution < 1.29 is 14.3 Å². The van der Waals surface area contributed by atoms with Crippen molar-refractivity contribution in [3.63, 3.8) is 0 Å². The maximum absolute atomic E-state index is 14.1. The van der Waals surface area contributed by atoms with Crippen molar-refractivity contribution >= 4 is 5.97 Å². The Bertz CT molecular complexity index is 988. The first-order valence-corrected chi connectivity index (χ1v) is 6.94. The van der Waals surface area contributed by atoms with Crippen LogP contribution < -0.4 is 0 Å². The average molecular weight is 322 g/mol. The van der Waals surface area contributed by atoms with Crippen LogP contribution in [0.15, 0.2) is 42.9 Å². The number of rotatable bonds is 3. The van der Waals surface area contributed by atoms with Crippen molar-refractivity contribution in [1.82, 2.24) is 14.8 Å². The van der Waals surface area contributed by atoms with Crippen LogP contribution in [-0.4, -0.2) is 25.8 Å². The molecular weight excluding hydrogens is 311 g/mol. The predicted octanol–water partition coefficient (Wildman–Crippen LogP) is 2.95. The third-order valence-corrected chi connectivity index (χ3v) is 3.46. The summed E-state index contributed by atoms with van der Waals surface area (Å²) in [5.74, 6) is -1.57. The fraction of sp³-hybridized carbons (Fsp3) is 0.0588. The summed E-state index contributed by atoms with van der Waals surface area (Å²) in [6.07, 6.45) is 3.92. The van der Waals surface area contributed by atoms with E-state index in [0.29, 0.717) is 5.69 Å². The second-order valence-corrected chi connectivity index (χ2v) is 5.16. The molecule has 0 saturated heterocycles. The second-order valence-electron chi connectivity index (χ2n) is 5.16. The van der Waals surface area contributed by atoms with Gasteiger partial charge in [-0.15, -0.1) is 0 Å². The van der Waals surface area contributed by atoms with E-state index in [2.05, 4.69) is 10.1 Å². The van der Waals surface area contributed by atoms with E-state index >= 15 is 0 Å². The SMILES string of the molecule is Cc1ccc(F)c(-c2ncc(-n3cc(C(=O)O)cn3)cc2C#N)c1. The lowest BCUT2D eigenvalue weighted by molar-refractivity contribution is 0.0697. The Morgan fingerprint density at radius 1 is 1.33 bits per heavy atom. The van der Waals surface area contributed by atoms with Crippen LogP contribution >= 0.6 is 0 Å². The van der Waals surface area contributed by atoms with Crippen LogP contribution in [-0.2, 0) is 0 Å². The van der Waals surface area contributed by atoms with Gasteiger partial charge in [-0.3, -0.25) is 4.98 Å². The first-order chi connectivity index (χ1) is 11.5. The van der Waals surface area contributed by atoms with E-state index in [1.807, 2.05) is 13.0 Å². The number of nitriles is 1. The molecule has 6 nitrogen and oxygen atoms in total. The zero-order chi connectivity index (χ0) is 17.3. The number of aromatic carboxylic acids is 1. The highest BCUT2D eigenvalue weighted by molar-refractivity contribution is 5.87. The van der Waals surface area contributed by atoms with E-state index in [-0.39, 0.29) is 22.4 Å². The fourth-order valence-electron chi connectivity index (χ4n) is 2.27. The van der Waals surface area contributed by atoms with Gasteiger partial charge in [-0.1, -0.05) is 11.6 Å². The molecule has 0 amide bonds. The summed E-state index contributed by atoms with van der Waals surface area (Å²) in [6.45, 7) is 1.82. The van der Waals surface area contributed by atoms with Crippen molar-refractivity contribution in [1.29, 1.82) is 5.26 Å². The molecule has 3 rings (SSSR count). The minimum atomic E-state index is -1.10. The maximum atomic E-state index is 14.1. The predicted molar refractivity (Wildman–Crippen MR) is 83.2 cm³/mol. The molecule has 0 aliphatic heterocycles. The Kier molecular flexibility index (Phi) is 3.80. The monoisotopic (exact) mass is 322 g/mol. The molecule has 2 heterocycles. The molecule has 0 bridgehead atoms. The average Bonchev–Trinajstić information content (AvgIpc) is 3.07. The second kappa shape index (κ2) is 5.93. The van der Waals surface area contributed by atoms with Crippen LogP contribution in [0, 0.1) is 24.1 Å². The van der Waals surface area contributed by atoms with Gasteiger partial charge in [-0.05, 0) is 25.1 Å². The molecule has 0 saturated carbocycles. The molecule has 0 fully saturated rings. The molecule has 0 aliphatic carbocycles. The number of hydrogen-bond donors (Lipinski definition) is 1. The number of aromatic nitrogens is 3. The molecule has 3 aromatic rings. The van der Waals surface area contributed by atoms with Gasteiger partial charge in [0.1, 0.15) is 11.9 Å². The van der Waals surface area contributed by atoms with Crippen molar-refractivity contribution in [3.8, 4) is 23.0 Å². The highest BCUT2D eigenvalue weighted by atomic mass is 19.1. The van der Waals surface area contributed by atoms with E-state index in [0.717, 1.165) is 5.56 Å². The number of benzene rings is 1. The van der Waals surface area contributed by atoms with Gasteiger partial charge in [0, 0.05) is 11.8 Å². The van der Waals surface area contributed by atoms with Gasteiger partial charge in [0.05, 0.1) is 34.9 Å². The molecule has 118 valence electrons. The largest absolute Gasteiger partial charge is 0.478 e. The number of carbonyl (C=O) groups is 1. The lowest BCUT2D eigenvalue weighted by Crippen LogP contribution is -2.00. The van der Waals surface area contributed by atoms with E-state index in [1.165, 1.54) is 35.4 Å². The summed E-state index contributed by atoms with van der Waals surface area (Å²) in [7, 11) is 0. The minimum Gasteiger partial charge on any atom is -0.478 e. The van der Waals surface area contributed by atoms with Crippen molar-refractivity contribution in [3.05, 3.63) is 65.4 Å². The first kappa shape index (κ1) is 15.4. The molecule has 1 aromatic carbocycles. The zero-order valence-electron chi connectivity index (χ0n) is 12.6. The third kappa shape index (κ3) is 2.73. The summed E-state index contributed by atoms with van der Waals surface area (Å²) in [6, 6.07) is 8.07. The van der Waals surface area contributed by atoms with E-state index < -0.39 is 11.8 Å². The summed E-state index contributed by atoms with van der Waals surface area (Å²) in [5.41, 5.74) is 1.92. The van der Waals surface area contributed by atoms with Crippen LogP contribution in [0.5, 0.6) is 0 Å². The quantitative estimate of drug-likeness (QED) is 0.800. The number of halogens is 1. The van der Waals surface area contributed by atoms with Crippen molar-refractivity contribution in [2.75, 3.05) is 0 Å². The van der Waals surface area contributed by atoms with Gasteiger partial charge in [0.25, 0.3) is 0 Å². The molecule has 2 aromatic heterocycles. The smallest absolute Gasteiger partial charge is 0.338 e. The Morgan fingerprint density at radius 3 is 2.79 bits per heavy atom. The molecule has 0 spiro atoms. The van der Waals surface area contributed by atoms with Crippen LogP contribution in [0.1, 0.15) is 21.5 Å². The molecule has 0 aliphatic rings. The van der Waals surface area contributed by atoms with Crippen LogP contribution in [0.25, 0.3) is 16.9 Å². The molecule has 0 atom stereocenters. The van der Waals surface area contributed by atoms with E-state index in [9.17, 15) is 14.4 Å². The Morgan fingerprint density at radius 2 is 2.12 bits per heavy atom. The molecule has 0 radical (unpaired) electrons. The van der Waals surface area contributed by atoms with Crippen LogP contribution in [0.2, 0.25) is 0 Å². The van der Waals surface area contributed by atoms with Gasteiger partial charge >= 0.3 is 5.97 Å². The molecule has 0 unspecified atom stereocenters. The number of carboxylic acid groups (broad SMARTS) is 1. The number of hydrogen-bond acceptors (Lipinski definition) is 4. The highest BCUT2D eigenvalue weighted by Gasteiger charge is 2.14. The Labute approximate surface area is 136 Å². The summed E-state index contributed by atoms with van der Waals surface area (Å²) in [4.78, 5) is 15.1. The molecule has 7 heteroatoms. The van der Waals surface area contributed by atoms with Gasteiger partial charge in [-0.2, -0.15) is 10.4 Å². The number of pyridine rings is 1. The number of nitrogens with zero attached hydrogens (tertiary/aromatic N) is 4. The van der Waals surface area contributed by atoms with Crippen LogP contribution in [0.3, 0.4) is 0 Å². The van der Waals surface area contributed by atoms with Crippen molar-refractivity contribution in [2.24, 2.45) is 0 Å². The van der Waals surface area contributed by atoms with Gasteiger partial charge in [0.15, 0.2) is 0 Å². The number of aryl methyl sites for hydroxylation is 1. The van der Waals surface area contributed by atoms with Crippen LogP contribution in [0.4, 0.5) is 4.39 Å². The highest BCUT2D eigenvalue weighted by Crippen LogP contribution is 2.26. The van der Waals surface area contributed by atoms with Gasteiger partial charge in [0.2, 0.25) is 0 Å². The zero-order valence-corrected chi connectivity index (χ0v) is 12.6. The van der Waals surface area contributed by atoms with Gasteiger partial charge in [-0.25, -0.2) is 13.9 Å². The number of carboxylic acids is 1. The Balaban J connectivity index is 2.10. The maximum Gasteiger partial charge on any atom is 0.338 e. The lowest BCUT2D eigenvalue weighted by Gasteiger charge is -2.08. The normalized spacial score (nSPS) is 10.4. The molecular formula is C17H11FN4O2. The minimum absolute atomic E-state index is 0.0160. The van der Waals surface area contributed by atoms with E-state index in [4.69, 9.17) is 5.11 Å². The summed E-state index contributed by atoms with van der Waals surface area (Å²) < 4.78 is 15.4. The molecule has 24 heavy (non-hydrogen) atoms.